The van der Waals surface area contributed by atoms with Gasteiger partial charge in [-0.05, 0) is 44.0 Å². The minimum Gasteiger partial charge on any atom is -0.373 e. The number of alkyl halides is 3. The molecule has 0 saturated carbocycles. The number of nitrogens with zero attached hydrogens (tertiary/aromatic N) is 3. The number of rotatable bonds is 3. The van der Waals surface area contributed by atoms with Gasteiger partial charge in [0.05, 0.1) is 0 Å². The molecule has 0 radical (unpaired) electrons. The Morgan fingerprint density at radius 2 is 1.78 bits per heavy atom. The summed E-state index contributed by atoms with van der Waals surface area (Å²) >= 11 is 0. The van der Waals surface area contributed by atoms with Crippen molar-refractivity contribution in [3.63, 3.8) is 0 Å². The highest BCUT2D eigenvalue weighted by atomic mass is 19.4. The van der Waals surface area contributed by atoms with Crippen molar-refractivity contribution in [2.24, 2.45) is 0 Å². The van der Waals surface area contributed by atoms with E-state index >= 15 is 0 Å². The Morgan fingerprint density at radius 3 is 2.33 bits per heavy atom. The van der Waals surface area contributed by atoms with Crippen molar-refractivity contribution >= 4 is 5.91 Å². The van der Waals surface area contributed by atoms with Crippen molar-refractivity contribution in [1.29, 1.82) is 0 Å². The van der Waals surface area contributed by atoms with Gasteiger partial charge >= 0.3 is 6.18 Å². The quantitative estimate of drug-likeness (QED) is 0.827. The molecule has 1 aliphatic rings. The third-order valence-electron chi connectivity index (χ3n) is 4.89. The van der Waals surface area contributed by atoms with E-state index in [0.717, 1.165) is 10.6 Å². The Balaban J connectivity index is 1.71. The first-order valence-electron chi connectivity index (χ1n) is 8.49. The van der Waals surface area contributed by atoms with E-state index in [9.17, 15) is 27.5 Å². The summed E-state index contributed by atoms with van der Waals surface area (Å²) in [5, 5.41) is 9.57. The van der Waals surface area contributed by atoms with Gasteiger partial charge in [-0.2, -0.15) is 13.2 Å². The number of benzene rings is 1. The number of piperidine rings is 1. The van der Waals surface area contributed by atoms with Gasteiger partial charge in [0.2, 0.25) is 5.60 Å². The molecule has 9 heteroatoms. The molecule has 1 aromatic heterocycles. The van der Waals surface area contributed by atoms with E-state index in [4.69, 9.17) is 0 Å². The molecule has 5 nitrogen and oxygen atoms in total. The number of hydrogen-bond donors (Lipinski definition) is 1. The summed E-state index contributed by atoms with van der Waals surface area (Å²) in [6.07, 6.45) is -0.866. The highest BCUT2D eigenvalue weighted by Gasteiger charge is 2.57. The maximum atomic E-state index is 13.1. The van der Waals surface area contributed by atoms with Gasteiger partial charge in [-0.15, -0.1) is 0 Å². The highest BCUT2D eigenvalue weighted by molar-refractivity contribution is 5.85. The molecule has 2 aromatic rings. The summed E-state index contributed by atoms with van der Waals surface area (Å²) in [5.74, 6) is -1.06. The number of amides is 1. The number of carbonyl (C=O) groups is 1. The Labute approximate surface area is 153 Å². The number of likely N-dealkylation sites (tertiary alicyclic amines) is 1. The van der Waals surface area contributed by atoms with Crippen molar-refractivity contribution in [2.75, 3.05) is 13.1 Å². The van der Waals surface area contributed by atoms with Crippen LogP contribution >= 0.6 is 0 Å². The molecule has 1 atom stereocenters. The molecule has 2 heterocycles. The van der Waals surface area contributed by atoms with Crippen LogP contribution in [-0.4, -0.2) is 50.3 Å². The molecule has 1 saturated heterocycles. The zero-order chi connectivity index (χ0) is 19.8. The number of carbonyl (C=O) groups excluding carboxylic acids is 1. The van der Waals surface area contributed by atoms with Gasteiger partial charge in [-0.25, -0.2) is 9.37 Å². The summed E-state index contributed by atoms with van der Waals surface area (Å²) in [6.45, 7) is 0.653. The van der Waals surface area contributed by atoms with Gasteiger partial charge in [0.1, 0.15) is 11.6 Å². The SMILES string of the molecule is C[C@@](O)(C(=O)N1CCC(c2nccn2-c2ccc(F)cc2)CC1)C(F)(F)F. The van der Waals surface area contributed by atoms with Crippen LogP contribution < -0.4 is 0 Å². The molecule has 0 aliphatic carbocycles. The fourth-order valence-electron chi connectivity index (χ4n) is 3.21. The standard InChI is InChI=1S/C18H19F4N3O2/c1-17(27,18(20,21)22)16(26)24-9-6-12(7-10-24)15-23-8-11-25(15)14-4-2-13(19)3-5-14/h2-5,8,11-12,27H,6-7,9-10H2,1H3/t17-/m1/s1. The van der Waals surface area contributed by atoms with E-state index in [1.54, 1.807) is 29.1 Å². The molecular weight excluding hydrogens is 366 g/mol. The molecule has 1 fully saturated rings. The Hall–Kier alpha value is -2.42. The molecule has 27 heavy (non-hydrogen) atoms. The van der Waals surface area contributed by atoms with Gasteiger partial charge in [0.15, 0.2) is 0 Å². The average Bonchev–Trinajstić information content (AvgIpc) is 3.10. The van der Waals surface area contributed by atoms with Crippen molar-refractivity contribution < 1.29 is 27.5 Å². The first-order chi connectivity index (χ1) is 12.6. The number of halogens is 4. The smallest absolute Gasteiger partial charge is 0.373 e. The average molecular weight is 385 g/mol. The van der Waals surface area contributed by atoms with Crippen LogP contribution in [0.15, 0.2) is 36.7 Å². The molecule has 1 aromatic carbocycles. The second-order valence-corrected chi connectivity index (χ2v) is 6.77. The largest absolute Gasteiger partial charge is 0.426 e. The Morgan fingerprint density at radius 1 is 1.19 bits per heavy atom. The number of aliphatic hydroxyl groups is 1. The van der Waals surface area contributed by atoms with Gasteiger partial charge < -0.3 is 14.6 Å². The van der Waals surface area contributed by atoms with Crippen LogP contribution in [0.5, 0.6) is 0 Å². The zero-order valence-electron chi connectivity index (χ0n) is 14.6. The number of aromatic nitrogens is 2. The van der Waals surface area contributed by atoms with Crippen LogP contribution in [0.2, 0.25) is 0 Å². The van der Waals surface area contributed by atoms with Crippen molar-refractivity contribution in [1.82, 2.24) is 14.5 Å². The minimum atomic E-state index is -5.03. The fourth-order valence-corrected chi connectivity index (χ4v) is 3.21. The van der Waals surface area contributed by atoms with Gasteiger partial charge in [0.25, 0.3) is 5.91 Å². The third-order valence-corrected chi connectivity index (χ3v) is 4.89. The topological polar surface area (TPSA) is 58.4 Å². The van der Waals surface area contributed by atoms with Gasteiger partial charge in [0, 0.05) is 37.1 Å². The minimum absolute atomic E-state index is 0.0649. The lowest BCUT2D eigenvalue weighted by atomic mass is 9.94. The summed E-state index contributed by atoms with van der Waals surface area (Å²) < 4.78 is 53.5. The Bertz CT molecular complexity index is 807. The lowest BCUT2D eigenvalue weighted by Gasteiger charge is -2.36. The lowest BCUT2D eigenvalue weighted by molar-refractivity contribution is -0.250. The summed E-state index contributed by atoms with van der Waals surface area (Å²) in [7, 11) is 0. The second kappa shape index (κ2) is 6.95. The van der Waals surface area contributed by atoms with Crippen molar-refractivity contribution in [3.8, 4) is 5.69 Å². The Kier molecular flexibility index (Phi) is 4.98. The molecule has 0 bridgehead atoms. The van der Waals surface area contributed by atoms with E-state index in [2.05, 4.69) is 4.98 Å². The van der Waals surface area contributed by atoms with Crippen LogP contribution in [0.4, 0.5) is 17.6 Å². The van der Waals surface area contributed by atoms with Crippen LogP contribution in [0.3, 0.4) is 0 Å². The molecule has 3 rings (SSSR count). The lowest BCUT2D eigenvalue weighted by Crippen LogP contribution is -2.57. The van der Waals surface area contributed by atoms with Crippen LogP contribution in [0.25, 0.3) is 5.69 Å². The molecular formula is C18H19F4N3O2. The van der Waals surface area contributed by atoms with Crippen LogP contribution in [0.1, 0.15) is 31.5 Å². The predicted molar refractivity (Wildman–Crippen MR) is 88.8 cm³/mol. The van der Waals surface area contributed by atoms with E-state index in [-0.39, 0.29) is 24.8 Å². The zero-order valence-corrected chi connectivity index (χ0v) is 14.6. The third kappa shape index (κ3) is 3.69. The van der Waals surface area contributed by atoms with E-state index in [0.29, 0.717) is 25.6 Å². The predicted octanol–water partition coefficient (Wildman–Crippen LogP) is 3.03. The number of hydrogen-bond acceptors (Lipinski definition) is 3. The monoisotopic (exact) mass is 385 g/mol. The van der Waals surface area contributed by atoms with Crippen LogP contribution in [-0.2, 0) is 4.79 Å². The maximum absolute atomic E-state index is 13.1. The maximum Gasteiger partial charge on any atom is 0.426 e. The normalized spacial score (nSPS) is 18.4. The molecule has 1 amide bonds. The molecule has 1 aliphatic heterocycles. The van der Waals surface area contributed by atoms with E-state index in [1.165, 1.54) is 12.1 Å². The van der Waals surface area contributed by atoms with Crippen LogP contribution in [0, 0.1) is 5.82 Å². The first-order valence-corrected chi connectivity index (χ1v) is 8.49. The summed E-state index contributed by atoms with van der Waals surface area (Å²) in [5.41, 5.74) is -2.67. The fraction of sp³-hybridized carbons (Fsp3) is 0.444. The molecule has 0 unspecified atom stereocenters. The van der Waals surface area contributed by atoms with E-state index in [1.807, 2.05) is 0 Å². The van der Waals surface area contributed by atoms with Gasteiger partial charge in [-0.3, -0.25) is 4.79 Å². The molecule has 146 valence electrons. The van der Waals surface area contributed by atoms with Gasteiger partial charge in [-0.1, -0.05) is 0 Å². The van der Waals surface area contributed by atoms with E-state index < -0.39 is 17.7 Å². The number of imidazole rings is 1. The first kappa shape index (κ1) is 19.3. The van der Waals surface area contributed by atoms with Crippen molar-refractivity contribution in [2.45, 2.75) is 37.5 Å². The summed E-state index contributed by atoms with van der Waals surface area (Å²) in [6, 6.07) is 5.89. The molecule has 0 spiro atoms. The van der Waals surface area contributed by atoms with Crippen molar-refractivity contribution in [3.05, 3.63) is 48.3 Å². The summed E-state index contributed by atoms with van der Waals surface area (Å²) in [4.78, 5) is 17.4. The second-order valence-electron chi connectivity index (χ2n) is 6.77. The molecule has 1 N–H and O–H groups in total. The highest BCUT2D eigenvalue weighted by Crippen LogP contribution is 2.34.